The summed E-state index contributed by atoms with van der Waals surface area (Å²) in [6.45, 7) is 0.315. The molecule has 1 aliphatic carbocycles. The zero-order valence-corrected chi connectivity index (χ0v) is 13.3. The van der Waals surface area contributed by atoms with Crippen LogP contribution in [0.2, 0.25) is 0 Å². The highest BCUT2D eigenvalue weighted by Crippen LogP contribution is 2.55. The van der Waals surface area contributed by atoms with E-state index < -0.39 is 22.0 Å². The molecule has 1 saturated carbocycles. The summed E-state index contributed by atoms with van der Waals surface area (Å²) in [5.74, 6) is -1.04. The van der Waals surface area contributed by atoms with Crippen LogP contribution in [0, 0.1) is 5.41 Å². The number of benzene rings is 2. The van der Waals surface area contributed by atoms with Gasteiger partial charge in [-0.15, -0.1) is 0 Å². The Morgan fingerprint density at radius 2 is 1.83 bits per heavy atom. The molecule has 0 aromatic heterocycles. The SMILES string of the molecule is O=C(O)C1N(S(=O)(=O)c2cccc3ccccc23)CC12CCC2. The van der Waals surface area contributed by atoms with Crippen molar-refractivity contribution < 1.29 is 18.3 Å². The molecule has 1 aliphatic heterocycles. The zero-order chi connectivity index (χ0) is 16.2. The molecule has 0 radical (unpaired) electrons. The molecule has 1 saturated heterocycles. The van der Waals surface area contributed by atoms with Gasteiger partial charge in [0.2, 0.25) is 10.0 Å². The second-order valence-corrected chi connectivity index (χ2v) is 8.34. The molecule has 1 unspecified atom stereocenters. The third-order valence-corrected chi connectivity index (χ3v) is 7.13. The molecule has 2 aliphatic rings. The van der Waals surface area contributed by atoms with Crippen LogP contribution in [0.5, 0.6) is 0 Å². The Morgan fingerprint density at radius 3 is 2.48 bits per heavy atom. The number of rotatable bonds is 3. The molecule has 23 heavy (non-hydrogen) atoms. The van der Waals surface area contributed by atoms with E-state index in [9.17, 15) is 18.3 Å². The first-order valence-electron chi connectivity index (χ1n) is 7.68. The maximum atomic E-state index is 13.0. The summed E-state index contributed by atoms with van der Waals surface area (Å²) in [4.78, 5) is 11.8. The van der Waals surface area contributed by atoms with Gasteiger partial charge in [-0.3, -0.25) is 4.79 Å². The average Bonchev–Trinajstić information content (AvgIpc) is 2.43. The molecule has 1 atom stereocenters. The lowest BCUT2D eigenvalue weighted by atomic mass is 9.59. The number of fused-ring (bicyclic) bond motifs is 1. The van der Waals surface area contributed by atoms with Gasteiger partial charge in [-0.25, -0.2) is 8.42 Å². The second kappa shape index (κ2) is 4.79. The normalized spacial score (nSPS) is 23.4. The van der Waals surface area contributed by atoms with Gasteiger partial charge in [0, 0.05) is 17.3 Å². The molecule has 2 aromatic carbocycles. The van der Waals surface area contributed by atoms with Crippen LogP contribution in [0.4, 0.5) is 0 Å². The van der Waals surface area contributed by atoms with E-state index in [2.05, 4.69) is 0 Å². The predicted octanol–water partition coefficient (Wildman–Crippen LogP) is 2.47. The lowest BCUT2D eigenvalue weighted by molar-refractivity contribution is -0.164. The van der Waals surface area contributed by atoms with Crippen LogP contribution in [0.25, 0.3) is 10.8 Å². The molecule has 1 heterocycles. The monoisotopic (exact) mass is 331 g/mol. The number of hydrogen-bond donors (Lipinski definition) is 1. The average molecular weight is 331 g/mol. The molecule has 4 rings (SSSR count). The summed E-state index contributed by atoms with van der Waals surface area (Å²) in [6, 6.07) is 11.4. The first-order valence-corrected chi connectivity index (χ1v) is 9.12. The van der Waals surface area contributed by atoms with Gasteiger partial charge < -0.3 is 5.11 Å². The summed E-state index contributed by atoms with van der Waals surface area (Å²) in [5.41, 5.74) is -0.344. The van der Waals surface area contributed by atoms with E-state index in [-0.39, 0.29) is 10.3 Å². The third-order valence-electron chi connectivity index (χ3n) is 5.26. The van der Waals surface area contributed by atoms with Crippen molar-refractivity contribution >= 4 is 26.8 Å². The van der Waals surface area contributed by atoms with Crippen molar-refractivity contribution in [2.24, 2.45) is 5.41 Å². The fourth-order valence-electron chi connectivity index (χ4n) is 3.90. The van der Waals surface area contributed by atoms with Crippen molar-refractivity contribution in [2.75, 3.05) is 6.54 Å². The summed E-state index contributed by atoms with van der Waals surface area (Å²) in [5, 5.41) is 11.0. The summed E-state index contributed by atoms with van der Waals surface area (Å²) in [6.07, 6.45) is 2.57. The van der Waals surface area contributed by atoms with Crippen molar-refractivity contribution in [3.8, 4) is 0 Å². The fourth-order valence-corrected chi connectivity index (χ4v) is 5.88. The summed E-state index contributed by atoms with van der Waals surface area (Å²) in [7, 11) is -3.82. The highest BCUT2D eigenvalue weighted by Gasteiger charge is 2.63. The predicted molar refractivity (Wildman–Crippen MR) is 85.5 cm³/mol. The maximum Gasteiger partial charge on any atom is 0.322 e. The zero-order valence-electron chi connectivity index (χ0n) is 12.5. The van der Waals surface area contributed by atoms with Crippen molar-refractivity contribution in [3.63, 3.8) is 0 Å². The van der Waals surface area contributed by atoms with Crippen LogP contribution in [-0.2, 0) is 14.8 Å². The lowest BCUT2D eigenvalue weighted by Gasteiger charge is -2.59. The number of hydrogen-bond acceptors (Lipinski definition) is 3. The Kier molecular flexibility index (Phi) is 3.05. The van der Waals surface area contributed by atoms with Crippen LogP contribution in [0.15, 0.2) is 47.4 Å². The third kappa shape index (κ3) is 1.95. The first kappa shape index (κ1) is 14.7. The van der Waals surface area contributed by atoms with E-state index in [4.69, 9.17) is 0 Å². The molecular formula is C17H17NO4S. The fraction of sp³-hybridized carbons (Fsp3) is 0.353. The van der Waals surface area contributed by atoms with Crippen molar-refractivity contribution in [2.45, 2.75) is 30.2 Å². The molecule has 6 heteroatoms. The van der Waals surface area contributed by atoms with Crippen LogP contribution in [0.3, 0.4) is 0 Å². The molecule has 2 aromatic rings. The van der Waals surface area contributed by atoms with Crippen molar-refractivity contribution in [1.29, 1.82) is 0 Å². The Balaban J connectivity index is 1.80. The molecule has 5 nitrogen and oxygen atoms in total. The minimum absolute atomic E-state index is 0.191. The van der Waals surface area contributed by atoms with E-state index in [1.54, 1.807) is 24.3 Å². The lowest BCUT2D eigenvalue weighted by Crippen LogP contribution is -2.71. The number of carbonyl (C=O) groups is 1. The van der Waals surface area contributed by atoms with Gasteiger partial charge in [-0.05, 0) is 24.3 Å². The van der Waals surface area contributed by atoms with Gasteiger partial charge in [0.25, 0.3) is 0 Å². The summed E-state index contributed by atoms with van der Waals surface area (Å²) >= 11 is 0. The Morgan fingerprint density at radius 1 is 1.13 bits per heavy atom. The van der Waals surface area contributed by atoms with Gasteiger partial charge in [0.05, 0.1) is 4.90 Å². The molecule has 0 amide bonds. The van der Waals surface area contributed by atoms with Crippen molar-refractivity contribution in [3.05, 3.63) is 42.5 Å². The number of carboxylic acids is 1. The maximum absolute atomic E-state index is 13.0. The van der Waals surface area contributed by atoms with Crippen LogP contribution in [0.1, 0.15) is 19.3 Å². The number of nitrogens with zero attached hydrogens (tertiary/aromatic N) is 1. The Labute approximate surface area is 134 Å². The molecule has 1 spiro atoms. The number of aliphatic carboxylic acids is 1. The topological polar surface area (TPSA) is 74.7 Å². The summed E-state index contributed by atoms with van der Waals surface area (Å²) < 4.78 is 27.2. The Hall–Kier alpha value is -1.92. The van der Waals surface area contributed by atoms with E-state index in [1.165, 1.54) is 0 Å². The molecule has 1 N–H and O–H groups in total. The minimum Gasteiger partial charge on any atom is -0.480 e. The molecule has 0 bridgehead atoms. The molecule has 120 valence electrons. The van der Waals surface area contributed by atoms with Gasteiger partial charge in [0.15, 0.2) is 0 Å². The van der Waals surface area contributed by atoms with E-state index in [0.717, 1.165) is 29.0 Å². The quantitative estimate of drug-likeness (QED) is 0.937. The van der Waals surface area contributed by atoms with Crippen LogP contribution >= 0.6 is 0 Å². The van der Waals surface area contributed by atoms with Crippen LogP contribution < -0.4 is 0 Å². The van der Waals surface area contributed by atoms with Crippen molar-refractivity contribution in [1.82, 2.24) is 4.31 Å². The van der Waals surface area contributed by atoms with Gasteiger partial charge >= 0.3 is 5.97 Å². The Bertz CT molecular complexity index is 896. The highest BCUT2D eigenvalue weighted by atomic mass is 32.2. The highest BCUT2D eigenvalue weighted by molar-refractivity contribution is 7.89. The van der Waals surface area contributed by atoms with E-state index in [0.29, 0.717) is 11.9 Å². The minimum atomic E-state index is -3.82. The largest absolute Gasteiger partial charge is 0.480 e. The second-order valence-electron chi connectivity index (χ2n) is 6.48. The molecular weight excluding hydrogens is 314 g/mol. The van der Waals surface area contributed by atoms with Gasteiger partial charge in [0.1, 0.15) is 6.04 Å². The standard InChI is InChI=1S/C17H17NO4S/c19-16(20)15-17(9-4-10-17)11-18(15)23(21,22)14-8-3-6-12-5-1-2-7-13(12)14/h1-3,5-8,15H,4,9-11H2,(H,19,20). The number of carboxylic acid groups (broad SMARTS) is 1. The number of sulfonamides is 1. The molecule has 2 fully saturated rings. The van der Waals surface area contributed by atoms with E-state index >= 15 is 0 Å². The van der Waals surface area contributed by atoms with E-state index in [1.807, 2.05) is 18.2 Å². The van der Waals surface area contributed by atoms with Crippen LogP contribution in [-0.4, -0.2) is 36.4 Å². The first-order chi connectivity index (χ1) is 11.0. The smallest absolute Gasteiger partial charge is 0.322 e. The van der Waals surface area contributed by atoms with Gasteiger partial charge in [-0.1, -0.05) is 42.8 Å². The van der Waals surface area contributed by atoms with Gasteiger partial charge in [-0.2, -0.15) is 4.31 Å².